The molecule has 0 saturated heterocycles. The Morgan fingerprint density at radius 1 is 1.08 bits per heavy atom. The summed E-state index contributed by atoms with van der Waals surface area (Å²) in [6.45, 7) is 0.163. The molecule has 6 nitrogen and oxygen atoms in total. The van der Waals surface area contributed by atoms with Gasteiger partial charge >= 0.3 is 0 Å². The SMILES string of the molecule is O=C(Nc1ccc2c(c1)OCO2)c1[nH]c(=O)c2ccccc2c1Br. The Bertz CT molecular complexity index is 1030. The summed E-state index contributed by atoms with van der Waals surface area (Å²) in [6.07, 6.45) is 0. The summed E-state index contributed by atoms with van der Waals surface area (Å²) in [4.78, 5) is 27.3. The molecule has 2 heterocycles. The second kappa shape index (κ2) is 5.68. The summed E-state index contributed by atoms with van der Waals surface area (Å²) < 4.78 is 11.1. The number of ether oxygens (including phenoxy) is 2. The number of fused-ring (bicyclic) bond motifs is 2. The molecule has 0 fully saturated rings. The molecule has 1 aromatic heterocycles. The zero-order valence-corrected chi connectivity index (χ0v) is 13.8. The number of pyridine rings is 1. The average Bonchev–Trinajstić information content (AvgIpc) is 3.06. The Balaban J connectivity index is 1.71. The van der Waals surface area contributed by atoms with Crippen molar-refractivity contribution in [1.29, 1.82) is 0 Å². The van der Waals surface area contributed by atoms with Crippen LogP contribution < -0.4 is 20.3 Å². The fourth-order valence-corrected chi connectivity index (χ4v) is 3.19. The Labute approximate surface area is 144 Å². The van der Waals surface area contributed by atoms with E-state index in [4.69, 9.17) is 9.47 Å². The fourth-order valence-electron chi connectivity index (χ4n) is 2.57. The van der Waals surface area contributed by atoms with Crippen molar-refractivity contribution in [2.24, 2.45) is 0 Å². The van der Waals surface area contributed by atoms with Gasteiger partial charge in [-0.1, -0.05) is 18.2 Å². The van der Waals surface area contributed by atoms with Gasteiger partial charge in [0.05, 0.1) is 4.47 Å². The van der Waals surface area contributed by atoms with Gasteiger partial charge in [-0.05, 0) is 34.1 Å². The molecule has 0 bridgehead atoms. The lowest BCUT2D eigenvalue weighted by atomic mass is 10.1. The van der Waals surface area contributed by atoms with E-state index in [0.29, 0.717) is 32.4 Å². The first-order chi connectivity index (χ1) is 11.6. The summed E-state index contributed by atoms with van der Waals surface area (Å²) >= 11 is 3.40. The highest BCUT2D eigenvalue weighted by Crippen LogP contribution is 2.34. The van der Waals surface area contributed by atoms with E-state index in [1.54, 1.807) is 36.4 Å². The molecule has 0 atom stereocenters. The van der Waals surface area contributed by atoms with Crippen LogP contribution in [0.5, 0.6) is 11.5 Å². The molecule has 0 aliphatic carbocycles. The van der Waals surface area contributed by atoms with Gasteiger partial charge in [-0.2, -0.15) is 0 Å². The highest BCUT2D eigenvalue weighted by atomic mass is 79.9. The van der Waals surface area contributed by atoms with Gasteiger partial charge in [0.25, 0.3) is 11.5 Å². The molecule has 0 spiro atoms. The summed E-state index contributed by atoms with van der Waals surface area (Å²) in [6, 6.07) is 12.2. The number of H-pyrrole nitrogens is 1. The van der Waals surface area contributed by atoms with E-state index in [0.717, 1.165) is 0 Å². The molecule has 120 valence electrons. The lowest BCUT2D eigenvalue weighted by Gasteiger charge is -2.09. The van der Waals surface area contributed by atoms with Crippen LogP contribution in [0.15, 0.2) is 51.7 Å². The van der Waals surface area contributed by atoms with Crippen molar-refractivity contribution in [3.8, 4) is 11.5 Å². The minimum atomic E-state index is -0.427. The second-order valence-corrected chi connectivity index (χ2v) is 6.00. The Hall–Kier alpha value is -2.80. The van der Waals surface area contributed by atoms with Crippen LogP contribution in [0.2, 0.25) is 0 Å². The number of aromatic nitrogens is 1. The van der Waals surface area contributed by atoms with Gasteiger partial charge in [-0.15, -0.1) is 0 Å². The van der Waals surface area contributed by atoms with Crippen molar-refractivity contribution >= 4 is 38.3 Å². The van der Waals surface area contributed by atoms with Gasteiger partial charge in [0.15, 0.2) is 11.5 Å². The van der Waals surface area contributed by atoms with Crippen molar-refractivity contribution in [3.05, 3.63) is 63.0 Å². The third-order valence-corrected chi connectivity index (χ3v) is 4.55. The van der Waals surface area contributed by atoms with Crippen LogP contribution in [-0.2, 0) is 0 Å². The zero-order chi connectivity index (χ0) is 16.7. The van der Waals surface area contributed by atoms with E-state index in [2.05, 4.69) is 26.2 Å². The smallest absolute Gasteiger partial charge is 0.273 e. The van der Waals surface area contributed by atoms with Gasteiger partial charge in [-0.25, -0.2) is 0 Å². The van der Waals surface area contributed by atoms with E-state index in [9.17, 15) is 9.59 Å². The molecule has 0 unspecified atom stereocenters. The molecule has 2 N–H and O–H groups in total. The molecular weight excluding hydrogens is 376 g/mol. The number of rotatable bonds is 2. The Morgan fingerprint density at radius 3 is 2.67 bits per heavy atom. The number of amides is 1. The third-order valence-electron chi connectivity index (χ3n) is 3.72. The number of anilines is 1. The van der Waals surface area contributed by atoms with Crippen molar-refractivity contribution in [1.82, 2.24) is 4.98 Å². The van der Waals surface area contributed by atoms with Gasteiger partial charge < -0.3 is 19.8 Å². The zero-order valence-electron chi connectivity index (χ0n) is 12.3. The number of hydrogen-bond donors (Lipinski definition) is 2. The number of carbonyl (C=O) groups is 1. The molecule has 0 radical (unpaired) electrons. The first-order valence-corrected chi connectivity index (χ1v) is 7.94. The van der Waals surface area contributed by atoms with Crippen LogP contribution in [0.4, 0.5) is 5.69 Å². The molecular formula is C17H11BrN2O4. The first kappa shape index (κ1) is 14.8. The van der Waals surface area contributed by atoms with Crippen LogP contribution in [0, 0.1) is 0 Å². The quantitative estimate of drug-likeness (QED) is 0.708. The molecule has 24 heavy (non-hydrogen) atoms. The van der Waals surface area contributed by atoms with E-state index < -0.39 is 5.91 Å². The predicted molar refractivity (Wildman–Crippen MR) is 92.8 cm³/mol. The molecule has 1 aliphatic heterocycles. The third kappa shape index (κ3) is 2.43. The standard InChI is InChI=1S/C17H11BrN2O4/c18-14-10-3-1-2-4-11(10)16(21)20-15(14)17(22)19-9-5-6-12-13(7-9)24-8-23-12/h1-7H,8H2,(H,19,22)(H,20,21). The number of carbonyl (C=O) groups excluding carboxylic acids is 1. The van der Waals surface area contributed by atoms with E-state index >= 15 is 0 Å². The number of nitrogens with one attached hydrogen (secondary N) is 2. The minimum Gasteiger partial charge on any atom is -0.454 e. The van der Waals surface area contributed by atoms with Gasteiger partial charge in [0.1, 0.15) is 5.69 Å². The molecule has 1 amide bonds. The molecule has 7 heteroatoms. The molecule has 4 rings (SSSR count). The van der Waals surface area contributed by atoms with E-state index in [1.165, 1.54) is 0 Å². The normalized spacial score (nSPS) is 12.4. The van der Waals surface area contributed by atoms with Gasteiger partial charge in [0, 0.05) is 22.5 Å². The van der Waals surface area contributed by atoms with Crippen molar-refractivity contribution in [2.45, 2.75) is 0 Å². The monoisotopic (exact) mass is 386 g/mol. The average molecular weight is 387 g/mol. The summed E-state index contributed by atoms with van der Waals surface area (Å²) in [5.74, 6) is 0.774. The summed E-state index contributed by atoms with van der Waals surface area (Å²) in [7, 11) is 0. The highest BCUT2D eigenvalue weighted by molar-refractivity contribution is 9.10. The predicted octanol–water partition coefficient (Wildman–Crippen LogP) is 3.27. The maximum atomic E-state index is 12.5. The molecule has 3 aromatic rings. The second-order valence-electron chi connectivity index (χ2n) is 5.21. The maximum Gasteiger partial charge on any atom is 0.273 e. The van der Waals surface area contributed by atoms with Crippen molar-refractivity contribution in [2.75, 3.05) is 12.1 Å². The van der Waals surface area contributed by atoms with Crippen LogP contribution >= 0.6 is 15.9 Å². The first-order valence-electron chi connectivity index (χ1n) is 7.15. The molecule has 0 saturated carbocycles. The summed E-state index contributed by atoms with van der Waals surface area (Å²) in [5.41, 5.74) is 0.395. The number of halogens is 1. The Morgan fingerprint density at radius 2 is 1.83 bits per heavy atom. The van der Waals surface area contributed by atoms with Crippen LogP contribution in [0.1, 0.15) is 10.5 Å². The largest absolute Gasteiger partial charge is 0.454 e. The number of benzene rings is 2. The van der Waals surface area contributed by atoms with Crippen LogP contribution in [-0.4, -0.2) is 17.7 Å². The summed E-state index contributed by atoms with van der Waals surface area (Å²) in [5, 5.41) is 3.94. The van der Waals surface area contributed by atoms with Gasteiger partial charge in [-0.3, -0.25) is 9.59 Å². The van der Waals surface area contributed by atoms with E-state index in [1.807, 2.05) is 6.07 Å². The van der Waals surface area contributed by atoms with Gasteiger partial charge in [0.2, 0.25) is 6.79 Å². The van der Waals surface area contributed by atoms with E-state index in [-0.39, 0.29) is 18.0 Å². The lowest BCUT2D eigenvalue weighted by molar-refractivity contribution is 0.102. The fraction of sp³-hybridized carbons (Fsp3) is 0.0588. The Kier molecular flexibility index (Phi) is 3.50. The molecule has 1 aliphatic rings. The minimum absolute atomic E-state index is 0.163. The lowest BCUT2D eigenvalue weighted by Crippen LogP contribution is -2.20. The van der Waals surface area contributed by atoms with Crippen LogP contribution in [0.3, 0.4) is 0 Å². The van der Waals surface area contributed by atoms with Crippen LogP contribution in [0.25, 0.3) is 10.8 Å². The maximum absolute atomic E-state index is 12.5. The van der Waals surface area contributed by atoms with Crippen molar-refractivity contribution < 1.29 is 14.3 Å². The number of aromatic amines is 1. The highest BCUT2D eigenvalue weighted by Gasteiger charge is 2.18. The number of hydrogen-bond acceptors (Lipinski definition) is 4. The van der Waals surface area contributed by atoms with Crippen molar-refractivity contribution in [3.63, 3.8) is 0 Å². The topological polar surface area (TPSA) is 80.4 Å². The molecule has 2 aromatic carbocycles.